The van der Waals surface area contributed by atoms with Crippen LogP contribution in [-0.2, 0) is 17.8 Å². The number of pyridine rings is 1. The summed E-state index contributed by atoms with van der Waals surface area (Å²) >= 11 is 0. The molecule has 0 radical (unpaired) electrons. The first-order chi connectivity index (χ1) is 20.1. The first-order valence-electron chi connectivity index (χ1n) is 13.6. The van der Waals surface area contributed by atoms with E-state index >= 15 is 0 Å². The summed E-state index contributed by atoms with van der Waals surface area (Å²) in [6.07, 6.45) is 3.50. The van der Waals surface area contributed by atoms with Gasteiger partial charge in [0.2, 0.25) is 0 Å². The zero-order valence-electron chi connectivity index (χ0n) is 22.9. The highest BCUT2D eigenvalue weighted by Crippen LogP contribution is 2.23. The molecule has 41 heavy (non-hydrogen) atoms. The lowest BCUT2D eigenvalue weighted by molar-refractivity contribution is 0.0526. The van der Waals surface area contributed by atoms with Gasteiger partial charge in [0.1, 0.15) is 0 Å². The van der Waals surface area contributed by atoms with E-state index in [9.17, 15) is 9.59 Å². The van der Waals surface area contributed by atoms with E-state index < -0.39 is 0 Å². The van der Waals surface area contributed by atoms with Gasteiger partial charge in [0.15, 0.2) is 0 Å². The van der Waals surface area contributed by atoms with E-state index in [0.717, 1.165) is 39.1 Å². The van der Waals surface area contributed by atoms with Gasteiger partial charge in [-0.25, -0.2) is 9.59 Å². The SMILES string of the molecule is CCOC(=O)c1ccc(-c2ccc(CN(Cc3cccnc3)C(=O)Nc3ccc(-c4ccccc4)cc3)cc2)cc1. The molecule has 0 fully saturated rings. The minimum absolute atomic E-state index is 0.194. The van der Waals surface area contributed by atoms with Gasteiger partial charge in [0, 0.05) is 31.2 Å². The number of carbonyl (C=O) groups is 2. The molecule has 1 aromatic heterocycles. The Hall–Kier alpha value is -5.23. The molecule has 4 aromatic carbocycles. The lowest BCUT2D eigenvalue weighted by Crippen LogP contribution is -2.34. The third-order valence-electron chi connectivity index (χ3n) is 6.68. The Bertz CT molecular complexity index is 1570. The Kier molecular flexibility index (Phi) is 8.81. The molecule has 0 aliphatic rings. The molecule has 0 unspecified atom stereocenters. The highest BCUT2D eigenvalue weighted by atomic mass is 16.5. The van der Waals surface area contributed by atoms with Gasteiger partial charge in [-0.2, -0.15) is 0 Å². The van der Waals surface area contributed by atoms with Crippen molar-refractivity contribution in [2.75, 3.05) is 11.9 Å². The van der Waals surface area contributed by atoms with Crippen molar-refractivity contribution in [2.45, 2.75) is 20.0 Å². The summed E-state index contributed by atoms with van der Waals surface area (Å²) in [6.45, 7) is 2.97. The number of nitrogens with zero attached hydrogens (tertiary/aromatic N) is 2. The first-order valence-corrected chi connectivity index (χ1v) is 13.6. The van der Waals surface area contributed by atoms with Crippen molar-refractivity contribution in [1.29, 1.82) is 0 Å². The maximum atomic E-state index is 13.5. The Morgan fingerprint density at radius 3 is 1.88 bits per heavy atom. The van der Waals surface area contributed by atoms with Gasteiger partial charge >= 0.3 is 12.0 Å². The monoisotopic (exact) mass is 541 g/mol. The molecular formula is C35H31N3O3. The fraction of sp³-hybridized carbons (Fsp3) is 0.114. The summed E-state index contributed by atoms with van der Waals surface area (Å²) in [4.78, 5) is 31.4. The Morgan fingerprint density at radius 2 is 1.27 bits per heavy atom. The van der Waals surface area contributed by atoms with Crippen LogP contribution in [0, 0.1) is 0 Å². The maximum Gasteiger partial charge on any atom is 0.338 e. The normalized spacial score (nSPS) is 10.6. The highest BCUT2D eigenvalue weighted by molar-refractivity contribution is 5.90. The van der Waals surface area contributed by atoms with Crippen molar-refractivity contribution >= 4 is 17.7 Å². The van der Waals surface area contributed by atoms with Gasteiger partial charge < -0.3 is 15.0 Å². The van der Waals surface area contributed by atoms with Gasteiger partial charge in [-0.1, -0.05) is 84.9 Å². The first kappa shape index (κ1) is 27.3. The van der Waals surface area contributed by atoms with E-state index in [4.69, 9.17) is 4.74 Å². The third kappa shape index (κ3) is 7.25. The number of anilines is 1. The van der Waals surface area contributed by atoms with Crippen LogP contribution in [0.15, 0.2) is 128 Å². The van der Waals surface area contributed by atoms with E-state index in [1.165, 1.54) is 0 Å². The van der Waals surface area contributed by atoms with Gasteiger partial charge in [-0.3, -0.25) is 4.98 Å². The molecule has 2 amide bonds. The van der Waals surface area contributed by atoms with Gasteiger partial charge in [0.05, 0.1) is 12.2 Å². The number of nitrogens with one attached hydrogen (secondary N) is 1. The number of urea groups is 1. The van der Waals surface area contributed by atoms with Crippen LogP contribution in [-0.4, -0.2) is 28.5 Å². The minimum Gasteiger partial charge on any atom is -0.462 e. The average molecular weight is 542 g/mol. The molecule has 204 valence electrons. The Balaban J connectivity index is 1.29. The predicted octanol–water partition coefficient (Wildman–Crippen LogP) is 7.83. The molecule has 0 atom stereocenters. The van der Waals surface area contributed by atoms with Crippen molar-refractivity contribution in [3.05, 3.63) is 144 Å². The second kappa shape index (κ2) is 13.2. The van der Waals surface area contributed by atoms with Gasteiger partial charge in [-0.15, -0.1) is 0 Å². The number of esters is 1. The third-order valence-corrected chi connectivity index (χ3v) is 6.68. The van der Waals surface area contributed by atoms with Crippen LogP contribution in [0.2, 0.25) is 0 Å². The number of carbonyl (C=O) groups excluding carboxylic acids is 2. The van der Waals surface area contributed by atoms with E-state index in [2.05, 4.69) is 22.4 Å². The smallest absolute Gasteiger partial charge is 0.338 e. The number of rotatable bonds is 9. The molecule has 5 aromatic rings. The maximum absolute atomic E-state index is 13.5. The van der Waals surface area contributed by atoms with Crippen molar-refractivity contribution in [3.63, 3.8) is 0 Å². The van der Waals surface area contributed by atoms with Crippen molar-refractivity contribution in [2.24, 2.45) is 0 Å². The van der Waals surface area contributed by atoms with Crippen molar-refractivity contribution < 1.29 is 14.3 Å². The molecule has 6 nitrogen and oxygen atoms in total. The fourth-order valence-corrected chi connectivity index (χ4v) is 4.53. The second-order valence-electron chi connectivity index (χ2n) is 9.59. The lowest BCUT2D eigenvalue weighted by atomic mass is 10.0. The molecule has 5 rings (SSSR count). The molecule has 0 saturated carbocycles. The zero-order valence-corrected chi connectivity index (χ0v) is 22.9. The van der Waals surface area contributed by atoms with E-state index in [1.54, 1.807) is 36.4 Å². The average Bonchev–Trinajstić information content (AvgIpc) is 3.02. The molecule has 0 bridgehead atoms. The van der Waals surface area contributed by atoms with Crippen LogP contribution in [0.5, 0.6) is 0 Å². The summed E-state index contributed by atoms with van der Waals surface area (Å²) in [5.74, 6) is -0.325. The highest BCUT2D eigenvalue weighted by Gasteiger charge is 2.16. The topological polar surface area (TPSA) is 71.5 Å². The van der Waals surface area contributed by atoms with Crippen molar-refractivity contribution in [1.82, 2.24) is 9.88 Å². The Labute approximate surface area is 240 Å². The van der Waals surface area contributed by atoms with E-state index in [0.29, 0.717) is 25.3 Å². The lowest BCUT2D eigenvalue weighted by Gasteiger charge is -2.23. The predicted molar refractivity (Wildman–Crippen MR) is 162 cm³/mol. The number of hydrogen-bond acceptors (Lipinski definition) is 4. The van der Waals surface area contributed by atoms with Crippen LogP contribution >= 0.6 is 0 Å². The number of ether oxygens (including phenoxy) is 1. The summed E-state index contributed by atoms with van der Waals surface area (Å²) in [7, 11) is 0. The van der Waals surface area contributed by atoms with Crippen LogP contribution in [0.4, 0.5) is 10.5 Å². The molecule has 1 N–H and O–H groups in total. The number of hydrogen-bond donors (Lipinski definition) is 1. The molecule has 0 spiro atoms. The Morgan fingerprint density at radius 1 is 0.683 bits per heavy atom. The fourth-order valence-electron chi connectivity index (χ4n) is 4.53. The molecule has 0 aliphatic heterocycles. The number of benzene rings is 4. The molecular weight excluding hydrogens is 510 g/mol. The molecule has 0 saturated heterocycles. The van der Waals surface area contributed by atoms with Gasteiger partial charge in [-0.05, 0) is 70.6 Å². The minimum atomic E-state index is -0.325. The van der Waals surface area contributed by atoms with Crippen LogP contribution in [0.3, 0.4) is 0 Å². The largest absolute Gasteiger partial charge is 0.462 e. The summed E-state index contributed by atoms with van der Waals surface area (Å²) in [5.41, 5.74) is 7.43. The van der Waals surface area contributed by atoms with Crippen LogP contribution in [0.25, 0.3) is 22.3 Å². The number of aromatic nitrogens is 1. The zero-order chi connectivity index (χ0) is 28.4. The number of amides is 2. The molecule has 0 aliphatic carbocycles. The second-order valence-corrected chi connectivity index (χ2v) is 9.59. The van der Waals surface area contributed by atoms with Crippen LogP contribution < -0.4 is 5.32 Å². The standard InChI is InChI=1S/C35H31N3O3/c1-2-41-34(39)32-16-14-30(15-17-32)29-12-10-26(11-13-29)24-38(25-27-7-6-22-36-23-27)35(40)37-33-20-18-31(19-21-33)28-8-4-3-5-9-28/h3-23H,2,24-25H2,1H3,(H,37,40). The summed E-state index contributed by atoms with van der Waals surface area (Å²) < 4.78 is 5.07. The summed E-state index contributed by atoms with van der Waals surface area (Å²) in [6, 6.07) is 37.1. The quantitative estimate of drug-likeness (QED) is 0.193. The van der Waals surface area contributed by atoms with E-state index in [1.807, 2.05) is 91.0 Å². The van der Waals surface area contributed by atoms with E-state index in [-0.39, 0.29) is 12.0 Å². The van der Waals surface area contributed by atoms with Gasteiger partial charge in [0.25, 0.3) is 0 Å². The van der Waals surface area contributed by atoms with Crippen molar-refractivity contribution in [3.8, 4) is 22.3 Å². The summed E-state index contributed by atoms with van der Waals surface area (Å²) in [5, 5.41) is 3.05. The molecule has 1 heterocycles. The molecule has 6 heteroatoms. The van der Waals surface area contributed by atoms with Crippen LogP contribution in [0.1, 0.15) is 28.4 Å².